The third-order valence-corrected chi connectivity index (χ3v) is 3.76. The first-order valence-corrected chi connectivity index (χ1v) is 6.42. The standard InChI is InChI=1S/C16H18N2/c1-12-8-14-15(17-10-12)18-11-16(14,2)9-13-6-4-3-5-7-13/h3-8,10H,9,11H2,1-2H3,(H,17,18). The second-order valence-electron chi connectivity index (χ2n) is 5.49. The van der Waals surface area contributed by atoms with E-state index in [0.29, 0.717) is 0 Å². The van der Waals surface area contributed by atoms with Gasteiger partial charge in [-0.3, -0.25) is 0 Å². The van der Waals surface area contributed by atoms with Crippen LogP contribution in [0.5, 0.6) is 0 Å². The van der Waals surface area contributed by atoms with Gasteiger partial charge in [0.05, 0.1) is 0 Å². The van der Waals surface area contributed by atoms with Gasteiger partial charge in [-0.1, -0.05) is 43.3 Å². The molecule has 2 heterocycles. The summed E-state index contributed by atoms with van der Waals surface area (Å²) >= 11 is 0. The van der Waals surface area contributed by atoms with Crippen LogP contribution in [0.25, 0.3) is 0 Å². The number of nitrogens with one attached hydrogen (secondary N) is 1. The molecule has 0 saturated carbocycles. The number of anilines is 1. The number of aromatic nitrogens is 1. The fourth-order valence-corrected chi connectivity index (χ4v) is 2.75. The van der Waals surface area contributed by atoms with E-state index in [1.54, 1.807) is 0 Å². The average molecular weight is 238 g/mol. The van der Waals surface area contributed by atoms with Crippen LogP contribution in [0.4, 0.5) is 5.82 Å². The molecule has 0 spiro atoms. The largest absolute Gasteiger partial charge is 0.369 e. The highest BCUT2D eigenvalue weighted by atomic mass is 15.0. The van der Waals surface area contributed by atoms with Crippen LogP contribution < -0.4 is 5.32 Å². The number of hydrogen-bond donors (Lipinski definition) is 1. The van der Waals surface area contributed by atoms with Crippen LogP contribution in [-0.4, -0.2) is 11.5 Å². The fraction of sp³-hybridized carbons (Fsp3) is 0.312. The number of nitrogens with zero attached hydrogens (tertiary/aromatic N) is 1. The molecule has 92 valence electrons. The second-order valence-corrected chi connectivity index (χ2v) is 5.49. The van der Waals surface area contributed by atoms with Gasteiger partial charge in [0.15, 0.2) is 0 Å². The Hall–Kier alpha value is -1.83. The summed E-state index contributed by atoms with van der Waals surface area (Å²) in [5, 5.41) is 3.43. The second kappa shape index (κ2) is 4.13. The van der Waals surface area contributed by atoms with Crippen molar-refractivity contribution in [3.63, 3.8) is 0 Å². The van der Waals surface area contributed by atoms with E-state index in [9.17, 15) is 0 Å². The predicted molar refractivity (Wildman–Crippen MR) is 75.0 cm³/mol. The van der Waals surface area contributed by atoms with E-state index >= 15 is 0 Å². The molecule has 1 aliphatic heterocycles. The Balaban J connectivity index is 1.96. The predicted octanol–water partition coefficient (Wildman–Crippen LogP) is 3.32. The minimum atomic E-state index is 0.149. The molecule has 1 aromatic carbocycles. The fourth-order valence-electron chi connectivity index (χ4n) is 2.75. The van der Waals surface area contributed by atoms with Crippen LogP contribution in [0.15, 0.2) is 42.6 Å². The Morgan fingerprint density at radius 1 is 1.28 bits per heavy atom. The Morgan fingerprint density at radius 2 is 2.06 bits per heavy atom. The van der Waals surface area contributed by atoms with Crippen LogP contribution in [0.1, 0.15) is 23.6 Å². The molecule has 0 bridgehead atoms. The highest BCUT2D eigenvalue weighted by Crippen LogP contribution is 2.38. The van der Waals surface area contributed by atoms with Crippen molar-refractivity contribution in [2.24, 2.45) is 0 Å². The van der Waals surface area contributed by atoms with Crippen molar-refractivity contribution in [1.82, 2.24) is 4.98 Å². The summed E-state index contributed by atoms with van der Waals surface area (Å²) in [5.74, 6) is 1.05. The van der Waals surface area contributed by atoms with Crippen molar-refractivity contribution >= 4 is 5.82 Å². The molecule has 0 fully saturated rings. The number of pyridine rings is 1. The molecule has 3 rings (SSSR count). The molecule has 0 saturated heterocycles. The summed E-state index contributed by atoms with van der Waals surface area (Å²) < 4.78 is 0. The van der Waals surface area contributed by atoms with Crippen LogP contribution in [-0.2, 0) is 11.8 Å². The van der Waals surface area contributed by atoms with Gasteiger partial charge in [0.1, 0.15) is 5.82 Å². The van der Waals surface area contributed by atoms with E-state index in [2.05, 4.69) is 60.5 Å². The van der Waals surface area contributed by atoms with Gasteiger partial charge in [-0.05, 0) is 24.5 Å². The topological polar surface area (TPSA) is 24.9 Å². The number of aryl methyl sites for hydroxylation is 1. The van der Waals surface area contributed by atoms with Gasteiger partial charge >= 0.3 is 0 Å². The van der Waals surface area contributed by atoms with Crippen LogP contribution >= 0.6 is 0 Å². The van der Waals surface area contributed by atoms with Crippen molar-refractivity contribution < 1.29 is 0 Å². The molecule has 2 nitrogen and oxygen atoms in total. The van der Waals surface area contributed by atoms with E-state index in [-0.39, 0.29) is 5.41 Å². The summed E-state index contributed by atoms with van der Waals surface area (Å²) in [6.45, 7) is 5.39. The zero-order valence-electron chi connectivity index (χ0n) is 10.9. The van der Waals surface area contributed by atoms with E-state index < -0.39 is 0 Å². The van der Waals surface area contributed by atoms with E-state index in [1.165, 1.54) is 16.7 Å². The number of rotatable bonds is 2. The Morgan fingerprint density at radius 3 is 2.83 bits per heavy atom. The first-order chi connectivity index (χ1) is 8.67. The van der Waals surface area contributed by atoms with Crippen molar-refractivity contribution in [2.75, 3.05) is 11.9 Å². The Bertz CT molecular complexity index is 563. The van der Waals surface area contributed by atoms with Gasteiger partial charge in [-0.25, -0.2) is 4.98 Å². The van der Waals surface area contributed by atoms with Gasteiger partial charge in [0.25, 0.3) is 0 Å². The van der Waals surface area contributed by atoms with E-state index in [1.807, 2.05) is 6.20 Å². The lowest BCUT2D eigenvalue weighted by molar-refractivity contribution is 0.519. The first-order valence-electron chi connectivity index (χ1n) is 6.42. The summed E-state index contributed by atoms with van der Waals surface area (Å²) in [4.78, 5) is 4.48. The lowest BCUT2D eigenvalue weighted by Gasteiger charge is -2.24. The molecule has 1 aromatic heterocycles. The Labute approximate surface area is 108 Å². The molecule has 0 radical (unpaired) electrons. The molecule has 1 aliphatic rings. The third-order valence-electron chi connectivity index (χ3n) is 3.76. The SMILES string of the molecule is Cc1cnc2c(c1)C(C)(Cc1ccccc1)CN2. The zero-order chi connectivity index (χ0) is 12.6. The van der Waals surface area contributed by atoms with Crippen LogP contribution in [0.2, 0.25) is 0 Å². The van der Waals surface area contributed by atoms with Gasteiger partial charge in [0, 0.05) is 23.7 Å². The van der Waals surface area contributed by atoms with Crippen molar-refractivity contribution in [3.05, 3.63) is 59.3 Å². The van der Waals surface area contributed by atoms with Crippen molar-refractivity contribution in [3.8, 4) is 0 Å². The summed E-state index contributed by atoms with van der Waals surface area (Å²) in [5.41, 5.74) is 4.12. The third kappa shape index (κ3) is 1.88. The van der Waals surface area contributed by atoms with Crippen molar-refractivity contribution in [2.45, 2.75) is 25.7 Å². The molecule has 1 N–H and O–H groups in total. The molecular weight excluding hydrogens is 220 g/mol. The minimum absolute atomic E-state index is 0.149. The molecule has 2 heteroatoms. The quantitative estimate of drug-likeness (QED) is 0.868. The summed E-state index contributed by atoms with van der Waals surface area (Å²) in [6.07, 6.45) is 2.99. The summed E-state index contributed by atoms with van der Waals surface area (Å²) in [7, 11) is 0. The van der Waals surface area contributed by atoms with Crippen LogP contribution in [0.3, 0.4) is 0 Å². The lowest BCUT2D eigenvalue weighted by atomic mass is 9.79. The molecule has 0 amide bonds. The molecule has 18 heavy (non-hydrogen) atoms. The maximum atomic E-state index is 4.48. The highest BCUT2D eigenvalue weighted by Gasteiger charge is 2.35. The monoisotopic (exact) mass is 238 g/mol. The minimum Gasteiger partial charge on any atom is -0.369 e. The zero-order valence-corrected chi connectivity index (χ0v) is 10.9. The smallest absolute Gasteiger partial charge is 0.129 e. The lowest BCUT2D eigenvalue weighted by Crippen LogP contribution is -2.27. The van der Waals surface area contributed by atoms with Gasteiger partial charge in [0.2, 0.25) is 0 Å². The van der Waals surface area contributed by atoms with Crippen LogP contribution in [0, 0.1) is 6.92 Å². The van der Waals surface area contributed by atoms with Gasteiger partial charge < -0.3 is 5.32 Å². The maximum Gasteiger partial charge on any atom is 0.129 e. The average Bonchev–Trinajstić information content (AvgIpc) is 2.68. The van der Waals surface area contributed by atoms with E-state index in [0.717, 1.165) is 18.8 Å². The normalized spacial score (nSPS) is 21.4. The van der Waals surface area contributed by atoms with Crippen molar-refractivity contribution in [1.29, 1.82) is 0 Å². The number of fused-ring (bicyclic) bond motifs is 1. The summed E-state index contributed by atoms with van der Waals surface area (Å²) in [6, 6.07) is 13.0. The molecular formula is C16H18N2. The van der Waals surface area contributed by atoms with E-state index in [4.69, 9.17) is 0 Å². The van der Waals surface area contributed by atoms with Gasteiger partial charge in [-0.15, -0.1) is 0 Å². The molecule has 1 atom stereocenters. The number of hydrogen-bond acceptors (Lipinski definition) is 2. The Kier molecular flexibility index (Phi) is 2.58. The molecule has 2 aromatic rings. The molecule has 0 aliphatic carbocycles. The van der Waals surface area contributed by atoms with Gasteiger partial charge in [-0.2, -0.15) is 0 Å². The first kappa shape index (κ1) is 11.3. The molecule has 1 unspecified atom stereocenters. The maximum absolute atomic E-state index is 4.48. The highest BCUT2D eigenvalue weighted by molar-refractivity contribution is 5.56. The number of benzene rings is 1.